The monoisotopic (exact) mass is 529 g/mol. The Labute approximate surface area is 223 Å². The smallest absolute Gasteiger partial charge is 0.272 e. The SMILES string of the molecule is CNc1cccc(-c2ccc(Cl)c(C(=O)Nc3cc(C(=O)NCC4=CNNN4)nn3-c3ccccc3)c2)n1. The molecule has 2 aromatic heterocycles. The summed E-state index contributed by atoms with van der Waals surface area (Å²) < 4.78 is 1.50. The summed E-state index contributed by atoms with van der Waals surface area (Å²) in [7, 11) is 1.79. The van der Waals surface area contributed by atoms with Crippen LogP contribution in [0.15, 0.2) is 84.7 Å². The van der Waals surface area contributed by atoms with E-state index in [-0.39, 0.29) is 22.8 Å². The number of nitrogens with one attached hydrogen (secondary N) is 6. The molecule has 0 fully saturated rings. The normalized spacial score (nSPS) is 12.2. The molecule has 11 nitrogen and oxygen atoms in total. The molecule has 1 aliphatic rings. The molecule has 2 amide bonds. The molecular weight excluding hydrogens is 506 g/mol. The van der Waals surface area contributed by atoms with Gasteiger partial charge in [-0.1, -0.05) is 41.9 Å². The summed E-state index contributed by atoms with van der Waals surface area (Å²) in [5.74, 6) is 0.154. The Morgan fingerprint density at radius 1 is 1.00 bits per heavy atom. The van der Waals surface area contributed by atoms with Gasteiger partial charge in [-0.05, 0) is 36.4 Å². The summed E-state index contributed by atoms with van der Waals surface area (Å²) >= 11 is 6.42. The van der Waals surface area contributed by atoms with Gasteiger partial charge in [0.2, 0.25) is 0 Å². The molecular formula is C26H24ClN9O2. The van der Waals surface area contributed by atoms with Crippen molar-refractivity contribution in [1.82, 2.24) is 36.5 Å². The highest BCUT2D eigenvalue weighted by Gasteiger charge is 2.20. The third-order valence-electron chi connectivity index (χ3n) is 5.68. The van der Waals surface area contributed by atoms with Crippen LogP contribution < -0.4 is 32.3 Å². The van der Waals surface area contributed by atoms with Crippen molar-refractivity contribution in [3.05, 3.63) is 101 Å². The third-order valence-corrected chi connectivity index (χ3v) is 6.01. The molecule has 0 atom stereocenters. The molecule has 0 saturated carbocycles. The van der Waals surface area contributed by atoms with Crippen LogP contribution in [0.4, 0.5) is 11.6 Å². The lowest BCUT2D eigenvalue weighted by Crippen LogP contribution is -2.35. The summed E-state index contributed by atoms with van der Waals surface area (Å²) in [6.45, 7) is 0.254. The van der Waals surface area contributed by atoms with Gasteiger partial charge in [0.25, 0.3) is 11.8 Å². The number of amides is 2. The molecule has 0 saturated heterocycles. The topological polar surface area (TPSA) is 137 Å². The fourth-order valence-electron chi connectivity index (χ4n) is 3.76. The van der Waals surface area contributed by atoms with Crippen molar-refractivity contribution in [2.75, 3.05) is 24.2 Å². The fourth-order valence-corrected chi connectivity index (χ4v) is 3.96. The van der Waals surface area contributed by atoms with E-state index in [4.69, 9.17) is 11.6 Å². The molecule has 0 spiro atoms. The molecule has 0 unspecified atom stereocenters. The van der Waals surface area contributed by atoms with E-state index in [1.54, 1.807) is 31.4 Å². The molecule has 38 heavy (non-hydrogen) atoms. The Morgan fingerprint density at radius 2 is 1.84 bits per heavy atom. The molecule has 192 valence electrons. The van der Waals surface area contributed by atoms with Gasteiger partial charge in [0.1, 0.15) is 11.6 Å². The molecule has 4 aromatic rings. The zero-order valence-corrected chi connectivity index (χ0v) is 21.0. The number of hydrazine groups is 2. The highest BCUT2D eigenvalue weighted by molar-refractivity contribution is 6.34. The second-order valence-corrected chi connectivity index (χ2v) is 8.62. The number of benzene rings is 2. The van der Waals surface area contributed by atoms with Crippen LogP contribution >= 0.6 is 11.6 Å². The van der Waals surface area contributed by atoms with Crippen LogP contribution in [0.3, 0.4) is 0 Å². The summed E-state index contributed by atoms with van der Waals surface area (Å²) in [5.41, 5.74) is 11.6. The standard InChI is InChI=1S/C26H24ClN9O2/c1-28-23-9-5-8-21(31-23)16-10-11-20(27)19(12-16)25(37)32-24-13-22(26(38)29-14-17-15-30-35-33-17)34-36(24)18-6-3-2-4-7-18/h2-13,15,30,33,35H,14H2,1H3,(H,28,31)(H,29,38)(H,32,37). The van der Waals surface area contributed by atoms with Crippen molar-refractivity contribution in [1.29, 1.82) is 0 Å². The highest BCUT2D eigenvalue weighted by atomic mass is 35.5. The zero-order valence-electron chi connectivity index (χ0n) is 20.2. The van der Waals surface area contributed by atoms with Crippen molar-refractivity contribution in [2.24, 2.45) is 0 Å². The first-order chi connectivity index (χ1) is 18.5. The summed E-state index contributed by atoms with van der Waals surface area (Å²) in [5, 5.41) is 13.4. The molecule has 0 aliphatic carbocycles. The van der Waals surface area contributed by atoms with E-state index in [0.29, 0.717) is 23.0 Å². The zero-order chi connectivity index (χ0) is 26.5. The van der Waals surface area contributed by atoms with Gasteiger partial charge in [-0.15, -0.1) is 0 Å². The first kappa shape index (κ1) is 24.8. The van der Waals surface area contributed by atoms with Crippen LogP contribution in [-0.2, 0) is 0 Å². The van der Waals surface area contributed by atoms with Gasteiger partial charge in [-0.3, -0.25) is 9.59 Å². The first-order valence-corrected chi connectivity index (χ1v) is 12.0. The second kappa shape index (κ2) is 11.0. The van der Waals surface area contributed by atoms with Gasteiger partial charge in [0, 0.05) is 24.9 Å². The minimum Gasteiger partial charge on any atom is -0.373 e. The fraction of sp³-hybridized carbons (Fsp3) is 0.0769. The van der Waals surface area contributed by atoms with Crippen LogP contribution in [0.1, 0.15) is 20.8 Å². The van der Waals surface area contributed by atoms with Crippen molar-refractivity contribution in [3.8, 4) is 16.9 Å². The van der Waals surface area contributed by atoms with Crippen LogP contribution in [0.25, 0.3) is 16.9 Å². The second-order valence-electron chi connectivity index (χ2n) is 8.22. The van der Waals surface area contributed by atoms with E-state index in [9.17, 15) is 9.59 Å². The summed E-state index contributed by atoms with van der Waals surface area (Å²) in [4.78, 5) is 30.8. The average molecular weight is 530 g/mol. The number of carbonyl (C=O) groups excluding carboxylic acids is 2. The van der Waals surface area contributed by atoms with Gasteiger partial charge in [-0.25, -0.2) is 9.67 Å². The van der Waals surface area contributed by atoms with E-state index >= 15 is 0 Å². The number of aromatic nitrogens is 3. The van der Waals surface area contributed by atoms with Gasteiger partial charge < -0.3 is 26.8 Å². The van der Waals surface area contributed by atoms with Gasteiger partial charge in [-0.2, -0.15) is 10.6 Å². The maximum atomic E-state index is 13.4. The molecule has 0 bridgehead atoms. The Kier molecular flexibility index (Phi) is 7.20. The van der Waals surface area contributed by atoms with Gasteiger partial charge in [0.05, 0.1) is 34.2 Å². The lowest BCUT2D eigenvalue weighted by molar-refractivity contribution is 0.0950. The van der Waals surface area contributed by atoms with E-state index < -0.39 is 11.8 Å². The van der Waals surface area contributed by atoms with Crippen molar-refractivity contribution < 1.29 is 9.59 Å². The molecule has 3 heterocycles. The predicted molar refractivity (Wildman–Crippen MR) is 146 cm³/mol. The molecule has 6 N–H and O–H groups in total. The first-order valence-electron chi connectivity index (χ1n) is 11.7. The highest BCUT2D eigenvalue weighted by Crippen LogP contribution is 2.26. The summed E-state index contributed by atoms with van der Waals surface area (Å²) in [6.07, 6.45) is 1.69. The Bertz CT molecular complexity index is 1520. The number of para-hydroxylation sites is 1. The van der Waals surface area contributed by atoms with E-state index in [2.05, 4.69) is 42.4 Å². The number of hydrogen-bond acceptors (Lipinski definition) is 8. The number of hydrogen-bond donors (Lipinski definition) is 6. The number of halogens is 1. The molecule has 1 aliphatic heterocycles. The number of pyridine rings is 1. The maximum Gasteiger partial charge on any atom is 0.272 e. The van der Waals surface area contributed by atoms with E-state index in [0.717, 1.165) is 11.3 Å². The van der Waals surface area contributed by atoms with Crippen molar-refractivity contribution in [2.45, 2.75) is 0 Å². The van der Waals surface area contributed by atoms with Crippen LogP contribution in [-0.4, -0.2) is 40.2 Å². The number of carbonyl (C=O) groups is 2. The number of nitrogens with zero attached hydrogens (tertiary/aromatic N) is 3. The lowest BCUT2D eigenvalue weighted by atomic mass is 10.1. The van der Waals surface area contributed by atoms with Crippen LogP contribution in [0.2, 0.25) is 5.02 Å². The quantitative estimate of drug-likeness (QED) is 0.205. The Balaban J connectivity index is 1.43. The van der Waals surface area contributed by atoms with Gasteiger partial charge >= 0.3 is 0 Å². The average Bonchev–Trinajstić information content (AvgIpc) is 3.63. The minimum atomic E-state index is -0.455. The molecule has 0 radical (unpaired) electrons. The predicted octanol–water partition coefficient (Wildman–Crippen LogP) is 3.07. The van der Waals surface area contributed by atoms with Crippen LogP contribution in [0, 0.1) is 0 Å². The largest absolute Gasteiger partial charge is 0.373 e. The Morgan fingerprint density at radius 3 is 2.61 bits per heavy atom. The number of anilines is 2. The van der Waals surface area contributed by atoms with Crippen molar-refractivity contribution in [3.63, 3.8) is 0 Å². The number of rotatable bonds is 8. The van der Waals surface area contributed by atoms with E-state index in [1.807, 2.05) is 48.5 Å². The lowest BCUT2D eigenvalue weighted by Gasteiger charge is -2.11. The molecule has 12 heteroatoms. The molecule has 5 rings (SSSR count). The van der Waals surface area contributed by atoms with Crippen LogP contribution in [0.5, 0.6) is 0 Å². The van der Waals surface area contributed by atoms with Crippen molar-refractivity contribution >= 4 is 35.1 Å². The van der Waals surface area contributed by atoms with Gasteiger partial charge in [0.15, 0.2) is 5.69 Å². The summed E-state index contributed by atoms with van der Waals surface area (Å²) in [6, 6.07) is 21.4. The maximum absolute atomic E-state index is 13.4. The molecule has 2 aromatic carbocycles. The Hall–Kier alpha value is -4.87. The van der Waals surface area contributed by atoms with E-state index in [1.165, 1.54) is 10.7 Å². The minimum absolute atomic E-state index is 0.136. The third kappa shape index (κ3) is 5.43.